The predicted molar refractivity (Wildman–Crippen MR) is 79.8 cm³/mol. The Bertz CT molecular complexity index is 624. The number of hydrogen-bond acceptors (Lipinski definition) is 3. The molecule has 0 fully saturated rings. The number of aliphatic hydroxyl groups excluding tert-OH is 1. The Morgan fingerprint density at radius 2 is 2.00 bits per heavy atom. The normalized spacial score (nSPS) is 11.6. The molecule has 1 rings (SSSR count). The van der Waals surface area contributed by atoms with E-state index in [9.17, 15) is 8.42 Å². The fourth-order valence-corrected chi connectivity index (χ4v) is 3.46. The highest BCUT2D eigenvalue weighted by Crippen LogP contribution is 2.21. The van der Waals surface area contributed by atoms with Crippen molar-refractivity contribution < 1.29 is 13.5 Å². The fourth-order valence-electron chi connectivity index (χ4n) is 1.88. The SMILES string of the molecule is Cc1ccc(C#CCO)cc1S(=O)(=O)N(C)CC(C)C. The molecule has 0 aromatic heterocycles. The summed E-state index contributed by atoms with van der Waals surface area (Å²) in [6, 6.07) is 5.04. The van der Waals surface area contributed by atoms with Crippen molar-refractivity contribution in [3.8, 4) is 11.8 Å². The average molecular weight is 295 g/mol. The Morgan fingerprint density at radius 1 is 1.35 bits per heavy atom. The van der Waals surface area contributed by atoms with Crippen LogP contribution in [0.3, 0.4) is 0 Å². The van der Waals surface area contributed by atoms with Crippen molar-refractivity contribution >= 4 is 10.0 Å². The number of aryl methyl sites for hydroxylation is 1. The van der Waals surface area contributed by atoms with Crippen molar-refractivity contribution in [3.63, 3.8) is 0 Å². The van der Waals surface area contributed by atoms with E-state index in [1.807, 2.05) is 13.8 Å². The van der Waals surface area contributed by atoms with Gasteiger partial charge in [-0.15, -0.1) is 0 Å². The maximum absolute atomic E-state index is 12.5. The van der Waals surface area contributed by atoms with Crippen molar-refractivity contribution in [1.82, 2.24) is 4.31 Å². The number of rotatable bonds is 4. The van der Waals surface area contributed by atoms with Gasteiger partial charge >= 0.3 is 0 Å². The number of sulfonamides is 1. The highest BCUT2D eigenvalue weighted by Gasteiger charge is 2.23. The molecule has 20 heavy (non-hydrogen) atoms. The Balaban J connectivity index is 3.23. The fraction of sp³-hybridized carbons (Fsp3) is 0.467. The number of nitrogens with zero attached hydrogens (tertiary/aromatic N) is 1. The first-order valence-electron chi connectivity index (χ1n) is 6.45. The van der Waals surface area contributed by atoms with Crippen molar-refractivity contribution in [3.05, 3.63) is 29.3 Å². The van der Waals surface area contributed by atoms with Crippen molar-refractivity contribution in [1.29, 1.82) is 0 Å². The van der Waals surface area contributed by atoms with Crippen LogP contribution < -0.4 is 0 Å². The number of benzene rings is 1. The van der Waals surface area contributed by atoms with E-state index in [2.05, 4.69) is 11.8 Å². The summed E-state index contributed by atoms with van der Waals surface area (Å²) in [7, 11) is -1.93. The lowest BCUT2D eigenvalue weighted by Crippen LogP contribution is -2.30. The minimum Gasteiger partial charge on any atom is -0.384 e. The molecular weight excluding hydrogens is 274 g/mol. The maximum atomic E-state index is 12.5. The minimum absolute atomic E-state index is 0.247. The summed E-state index contributed by atoms with van der Waals surface area (Å²) in [4.78, 5) is 0.269. The van der Waals surface area contributed by atoms with Gasteiger partial charge in [0.2, 0.25) is 10.0 Å². The molecule has 0 radical (unpaired) electrons. The minimum atomic E-state index is -3.51. The highest BCUT2D eigenvalue weighted by atomic mass is 32.2. The molecule has 0 unspecified atom stereocenters. The standard InChI is InChI=1S/C15H21NO3S/c1-12(2)11-16(4)20(18,19)15-10-14(6-5-9-17)8-7-13(15)3/h7-8,10,12,17H,9,11H2,1-4H3. The second-order valence-corrected chi connectivity index (χ2v) is 7.13. The lowest BCUT2D eigenvalue weighted by Gasteiger charge is -2.20. The molecule has 0 aliphatic rings. The summed E-state index contributed by atoms with van der Waals surface area (Å²) in [6.45, 7) is 5.93. The zero-order valence-electron chi connectivity index (χ0n) is 12.3. The number of hydrogen-bond donors (Lipinski definition) is 1. The van der Waals surface area contributed by atoms with E-state index < -0.39 is 10.0 Å². The summed E-state index contributed by atoms with van der Waals surface area (Å²) < 4.78 is 26.5. The molecule has 4 nitrogen and oxygen atoms in total. The van der Waals surface area contributed by atoms with Gasteiger partial charge < -0.3 is 5.11 Å². The van der Waals surface area contributed by atoms with Gasteiger partial charge in [0.15, 0.2) is 0 Å². The van der Waals surface area contributed by atoms with Crippen molar-refractivity contribution in [2.24, 2.45) is 5.92 Å². The summed E-state index contributed by atoms with van der Waals surface area (Å²) >= 11 is 0. The topological polar surface area (TPSA) is 57.6 Å². The third-order valence-electron chi connectivity index (χ3n) is 2.81. The monoisotopic (exact) mass is 295 g/mol. The van der Waals surface area contributed by atoms with E-state index in [0.29, 0.717) is 17.7 Å². The predicted octanol–water partition coefficient (Wildman–Crippen LogP) is 1.62. The zero-order valence-corrected chi connectivity index (χ0v) is 13.2. The quantitative estimate of drug-likeness (QED) is 0.859. The third kappa shape index (κ3) is 4.07. The number of aliphatic hydroxyl groups is 1. The van der Waals surface area contributed by atoms with Crippen LogP contribution in [0.5, 0.6) is 0 Å². The maximum Gasteiger partial charge on any atom is 0.243 e. The van der Waals surface area contributed by atoms with E-state index in [-0.39, 0.29) is 17.4 Å². The molecular formula is C15H21NO3S. The average Bonchev–Trinajstić information content (AvgIpc) is 2.36. The van der Waals surface area contributed by atoms with Gasteiger partial charge in [-0.25, -0.2) is 12.7 Å². The van der Waals surface area contributed by atoms with Crippen LogP contribution in [0.15, 0.2) is 23.1 Å². The molecule has 0 atom stereocenters. The molecule has 1 aromatic carbocycles. The van der Waals surface area contributed by atoms with Gasteiger partial charge in [0.25, 0.3) is 0 Å². The lowest BCUT2D eigenvalue weighted by atomic mass is 10.1. The largest absolute Gasteiger partial charge is 0.384 e. The van der Waals surface area contributed by atoms with Gasteiger partial charge in [-0.3, -0.25) is 0 Å². The lowest BCUT2D eigenvalue weighted by molar-refractivity contribution is 0.350. The van der Waals surface area contributed by atoms with Crippen LogP contribution in [0.4, 0.5) is 0 Å². The van der Waals surface area contributed by atoms with Crippen LogP contribution in [-0.2, 0) is 10.0 Å². The summed E-state index contributed by atoms with van der Waals surface area (Å²) in [5, 5.41) is 8.70. The highest BCUT2D eigenvalue weighted by molar-refractivity contribution is 7.89. The molecule has 0 aliphatic heterocycles. The summed E-state index contributed by atoms with van der Waals surface area (Å²) in [5.74, 6) is 5.51. The van der Waals surface area contributed by atoms with E-state index in [4.69, 9.17) is 5.11 Å². The first-order valence-corrected chi connectivity index (χ1v) is 7.89. The first-order chi connectivity index (χ1) is 9.28. The Hall–Kier alpha value is -1.35. The molecule has 0 heterocycles. The first kappa shape index (κ1) is 16.7. The van der Waals surface area contributed by atoms with E-state index >= 15 is 0 Å². The molecule has 0 spiro atoms. The Kier molecular flexibility index (Phi) is 5.75. The van der Waals surface area contributed by atoms with Crippen LogP contribution >= 0.6 is 0 Å². The van der Waals surface area contributed by atoms with Crippen LogP contribution in [0.1, 0.15) is 25.0 Å². The molecule has 1 N–H and O–H groups in total. The van der Waals surface area contributed by atoms with Crippen LogP contribution in [0.2, 0.25) is 0 Å². The summed E-state index contributed by atoms with van der Waals surface area (Å²) in [6.07, 6.45) is 0. The van der Waals surface area contributed by atoms with Gasteiger partial charge in [0.05, 0.1) is 4.90 Å². The van der Waals surface area contributed by atoms with Gasteiger partial charge in [-0.05, 0) is 30.5 Å². The van der Waals surface area contributed by atoms with Crippen LogP contribution in [-0.4, -0.2) is 38.0 Å². The van der Waals surface area contributed by atoms with Crippen LogP contribution in [0.25, 0.3) is 0 Å². The third-order valence-corrected chi connectivity index (χ3v) is 4.78. The molecule has 0 amide bonds. The molecule has 5 heteroatoms. The van der Waals surface area contributed by atoms with E-state index in [1.54, 1.807) is 32.2 Å². The summed E-state index contributed by atoms with van der Waals surface area (Å²) in [5.41, 5.74) is 1.27. The van der Waals surface area contributed by atoms with Crippen molar-refractivity contribution in [2.45, 2.75) is 25.7 Å². The Labute approximate surface area is 121 Å². The molecule has 0 bridgehead atoms. The second-order valence-electron chi connectivity index (χ2n) is 5.12. The molecule has 110 valence electrons. The smallest absolute Gasteiger partial charge is 0.243 e. The van der Waals surface area contributed by atoms with Crippen molar-refractivity contribution in [2.75, 3.05) is 20.2 Å². The van der Waals surface area contributed by atoms with E-state index in [1.165, 1.54) is 4.31 Å². The van der Waals surface area contributed by atoms with Crippen LogP contribution in [0, 0.1) is 24.7 Å². The van der Waals surface area contributed by atoms with Gasteiger partial charge in [-0.1, -0.05) is 31.8 Å². The molecule has 0 aliphatic carbocycles. The molecule has 0 saturated carbocycles. The Morgan fingerprint density at radius 3 is 2.55 bits per heavy atom. The second kappa shape index (κ2) is 6.89. The molecule has 0 saturated heterocycles. The van der Waals surface area contributed by atoms with E-state index in [0.717, 1.165) is 0 Å². The van der Waals surface area contributed by atoms with Gasteiger partial charge in [-0.2, -0.15) is 0 Å². The van der Waals surface area contributed by atoms with Gasteiger partial charge in [0, 0.05) is 19.2 Å². The zero-order chi connectivity index (χ0) is 15.3. The molecule has 1 aromatic rings. The van der Waals surface area contributed by atoms with Gasteiger partial charge in [0.1, 0.15) is 6.61 Å².